The molecule has 0 amide bonds. The molecule has 0 fully saturated rings. The summed E-state index contributed by atoms with van der Waals surface area (Å²) in [5.41, 5.74) is 0.374. The van der Waals surface area contributed by atoms with E-state index < -0.39 is 12.1 Å². The largest absolute Gasteiger partial charge is 0.488 e. The Morgan fingerprint density at radius 3 is 1.63 bits per heavy atom. The standard InChI is InChI=1S/C39H56O4/c1-4-5-6-7-8-9-10-11-12-13-14-15-16-17-18-23-28-41-30-35(43-39(40)32(2)3)31-42-38-36-26-21-19-24-33(36)29-34-25-20-22-27-37(34)38/h19-22,24-27,29,35H,2,4-18,23,28,30-31H2,1,3H3. The van der Waals surface area contributed by atoms with Crippen molar-refractivity contribution in [3.63, 3.8) is 0 Å². The molecule has 0 N–H and O–H groups in total. The highest BCUT2D eigenvalue weighted by Crippen LogP contribution is 2.35. The molecule has 0 radical (unpaired) electrons. The van der Waals surface area contributed by atoms with Crippen LogP contribution in [0.2, 0.25) is 0 Å². The molecule has 0 spiro atoms. The Morgan fingerprint density at radius 1 is 0.674 bits per heavy atom. The SMILES string of the molecule is C=C(C)C(=O)OC(COCCCCCCCCCCCCCCCCCC)COc1c2ccccc2cc2ccccc12. The van der Waals surface area contributed by atoms with Gasteiger partial charge in [-0.15, -0.1) is 0 Å². The number of esters is 1. The van der Waals surface area contributed by atoms with Gasteiger partial charge in [-0.25, -0.2) is 4.79 Å². The van der Waals surface area contributed by atoms with Gasteiger partial charge in [0, 0.05) is 23.0 Å². The van der Waals surface area contributed by atoms with E-state index in [1.165, 1.54) is 96.3 Å². The summed E-state index contributed by atoms with van der Waals surface area (Å²) in [5, 5.41) is 4.32. The van der Waals surface area contributed by atoms with Gasteiger partial charge in [-0.1, -0.05) is 158 Å². The van der Waals surface area contributed by atoms with Crippen LogP contribution in [0.5, 0.6) is 5.75 Å². The van der Waals surface area contributed by atoms with Crippen LogP contribution in [0.3, 0.4) is 0 Å². The molecule has 0 aliphatic rings. The van der Waals surface area contributed by atoms with Crippen LogP contribution in [-0.4, -0.2) is 31.9 Å². The first kappa shape index (κ1) is 34.6. The number of carbonyl (C=O) groups excluding carboxylic acids is 1. The van der Waals surface area contributed by atoms with E-state index >= 15 is 0 Å². The maximum Gasteiger partial charge on any atom is 0.333 e. The summed E-state index contributed by atoms with van der Waals surface area (Å²) in [6.07, 6.45) is 21.0. The van der Waals surface area contributed by atoms with Crippen LogP contribution in [-0.2, 0) is 14.3 Å². The second-order valence-electron chi connectivity index (χ2n) is 12.1. The quantitative estimate of drug-likeness (QED) is 0.0452. The molecule has 236 valence electrons. The Bertz CT molecular complexity index is 1160. The lowest BCUT2D eigenvalue weighted by molar-refractivity contribution is -0.149. The number of fused-ring (bicyclic) bond motifs is 2. The Hall–Kier alpha value is -2.85. The van der Waals surface area contributed by atoms with E-state index in [0.29, 0.717) is 18.8 Å². The molecule has 4 heteroatoms. The van der Waals surface area contributed by atoms with Crippen molar-refractivity contribution in [3.05, 3.63) is 66.7 Å². The van der Waals surface area contributed by atoms with E-state index in [-0.39, 0.29) is 6.61 Å². The minimum absolute atomic E-state index is 0.218. The van der Waals surface area contributed by atoms with Crippen molar-refractivity contribution in [3.8, 4) is 5.75 Å². The molecule has 3 aromatic rings. The molecule has 0 heterocycles. The average molecular weight is 589 g/mol. The summed E-state index contributed by atoms with van der Waals surface area (Å²) < 4.78 is 18.1. The summed E-state index contributed by atoms with van der Waals surface area (Å²) in [5.74, 6) is 0.394. The fraction of sp³-hybridized carbons (Fsp3) is 0.564. The van der Waals surface area contributed by atoms with E-state index in [9.17, 15) is 4.79 Å². The van der Waals surface area contributed by atoms with E-state index in [1.54, 1.807) is 6.92 Å². The third-order valence-electron chi connectivity index (χ3n) is 8.20. The molecular formula is C39H56O4. The molecule has 4 nitrogen and oxygen atoms in total. The van der Waals surface area contributed by atoms with Gasteiger partial charge in [0.05, 0.1) is 6.61 Å². The van der Waals surface area contributed by atoms with Crippen molar-refractivity contribution < 1.29 is 19.0 Å². The maximum absolute atomic E-state index is 12.3. The first-order chi connectivity index (χ1) is 21.1. The van der Waals surface area contributed by atoms with Crippen molar-refractivity contribution in [1.29, 1.82) is 0 Å². The van der Waals surface area contributed by atoms with Gasteiger partial charge >= 0.3 is 5.97 Å². The Balaban J connectivity index is 1.32. The Morgan fingerprint density at radius 2 is 1.14 bits per heavy atom. The molecule has 0 aromatic heterocycles. The van der Waals surface area contributed by atoms with Gasteiger partial charge < -0.3 is 14.2 Å². The summed E-state index contributed by atoms with van der Waals surface area (Å²) in [6.45, 7) is 8.87. The normalized spacial score (nSPS) is 12.0. The molecule has 0 bridgehead atoms. The van der Waals surface area contributed by atoms with Gasteiger partial charge in [-0.2, -0.15) is 0 Å². The zero-order chi connectivity index (χ0) is 30.5. The lowest BCUT2D eigenvalue weighted by atomic mass is 10.0. The number of rotatable bonds is 24. The molecule has 3 rings (SSSR count). The van der Waals surface area contributed by atoms with Crippen molar-refractivity contribution in [2.45, 2.75) is 123 Å². The van der Waals surface area contributed by atoms with Crippen LogP contribution < -0.4 is 4.74 Å². The van der Waals surface area contributed by atoms with E-state index in [0.717, 1.165) is 33.7 Å². The Labute approximate surface area is 261 Å². The van der Waals surface area contributed by atoms with E-state index in [4.69, 9.17) is 14.2 Å². The van der Waals surface area contributed by atoms with Crippen LogP contribution in [0.4, 0.5) is 0 Å². The molecule has 0 aliphatic carbocycles. The molecule has 0 saturated carbocycles. The maximum atomic E-state index is 12.3. The summed E-state index contributed by atoms with van der Waals surface area (Å²) in [4.78, 5) is 12.3. The predicted octanol–water partition coefficient (Wildman–Crippen LogP) is 11.1. The van der Waals surface area contributed by atoms with E-state index in [1.807, 2.05) is 24.3 Å². The summed E-state index contributed by atoms with van der Waals surface area (Å²) in [7, 11) is 0. The minimum Gasteiger partial charge on any atom is -0.488 e. The molecule has 1 unspecified atom stereocenters. The first-order valence-electron chi connectivity index (χ1n) is 17.1. The van der Waals surface area contributed by atoms with Crippen LogP contribution in [0.25, 0.3) is 21.5 Å². The van der Waals surface area contributed by atoms with E-state index in [2.05, 4.69) is 43.8 Å². The molecule has 0 saturated heterocycles. The van der Waals surface area contributed by atoms with Crippen molar-refractivity contribution in [2.24, 2.45) is 0 Å². The molecule has 1 atom stereocenters. The first-order valence-corrected chi connectivity index (χ1v) is 17.1. The van der Waals surface area contributed by atoms with Crippen molar-refractivity contribution >= 4 is 27.5 Å². The molecular weight excluding hydrogens is 532 g/mol. The van der Waals surface area contributed by atoms with Crippen LogP contribution in [0.15, 0.2) is 66.7 Å². The monoisotopic (exact) mass is 588 g/mol. The van der Waals surface area contributed by atoms with Gasteiger partial charge in [-0.05, 0) is 30.2 Å². The van der Waals surface area contributed by atoms with Gasteiger partial charge in [-0.3, -0.25) is 0 Å². The highest BCUT2D eigenvalue weighted by Gasteiger charge is 2.18. The lowest BCUT2D eigenvalue weighted by Gasteiger charge is -2.20. The second kappa shape index (κ2) is 21.0. The van der Waals surface area contributed by atoms with Gasteiger partial charge in [0.25, 0.3) is 0 Å². The highest BCUT2D eigenvalue weighted by atomic mass is 16.6. The number of carbonyl (C=O) groups is 1. The molecule has 3 aromatic carbocycles. The molecule has 43 heavy (non-hydrogen) atoms. The Kier molecular flexibility index (Phi) is 16.9. The lowest BCUT2D eigenvalue weighted by Crippen LogP contribution is -2.30. The number of hydrogen-bond acceptors (Lipinski definition) is 4. The number of benzene rings is 3. The van der Waals surface area contributed by atoms with Gasteiger partial charge in [0.2, 0.25) is 0 Å². The third-order valence-corrected chi connectivity index (χ3v) is 8.20. The van der Waals surface area contributed by atoms with Crippen molar-refractivity contribution in [2.75, 3.05) is 19.8 Å². The summed E-state index contributed by atoms with van der Waals surface area (Å²) >= 11 is 0. The van der Waals surface area contributed by atoms with Crippen LogP contribution >= 0.6 is 0 Å². The fourth-order valence-corrected chi connectivity index (χ4v) is 5.64. The zero-order valence-electron chi connectivity index (χ0n) is 27.0. The van der Waals surface area contributed by atoms with Crippen LogP contribution in [0, 0.1) is 0 Å². The van der Waals surface area contributed by atoms with Crippen LogP contribution in [0.1, 0.15) is 117 Å². The number of hydrogen-bond donors (Lipinski definition) is 0. The minimum atomic E-state index is -0.511. The highest BCUT2D eigenvalue weighted by molar-refractivity contribution is 6.05. The molecule has 0 aliphatic heterocycles. The smallest absolute Gasteiger partial charge is 0.333 e. The van der Waals surface area contributed by atoms with Gasteiger partial charge in [0.15, 0.2) is 6.10 Å². The third kappa shape index (κ3) is 13.1. The predicted molar refractivity (Wildman–Crippen MR) is 182 cm³/mol. The van der Waals surface area contributed by atoms with Gasteiger partial charge in [0.1, 0.15) is 12.4 Å². The number of ether oxygens (including phenoxy) is 3. The van der Waals surface area contributed by atoms with Crippen molar-refractivity contribution in [1.82, 2.24) is 0 Å². The topological polar surface area (TPSA) is 44.8 Å². The average Bonchev–Trinajstić information content (AvgIpc) is 3.02. The second-order valence-corrected chi connectivity index (χ2v) is 12.1. The zero-order valence-corrected chi connectivity index (χ0v) is 27.0. The summed E-state index contributed by atoms with van der Waals surface area (Å²) in [6, 6.07) is 18.6. The number of unbranched alkanes of at least 4 members (excludes halogenated alkanes) is 15. The fourth-order valence-electron chi connectivity index (χ4n) is 5.64.